The van der Waals surface area contributed by atoms with Gasteiger partial charge in [-0.3, -0.25) is 0 Å². The van der Waals surface area contributed by atoms with Crippen molar-refractivity contribution in [3.05, 3.63) is 70.6 Å². The Kier molecular flexibility index (Phi) is 5.18. The van der Waals surface area contributed by atoms with Crippen molar-refractivity contribution in [2.24, 2.45) is 5.73 Å². The van der Waals surface area contributed by atoms with E-state index in [1.807, 2.05) is 6.07 Å². The molecule has 26 heavy (non-hydrogen) atoms. The molecule has 3 rings (SSSR count). The highest BCUT2D eigenvalue weighted by atomic mass is 16.5. The van der Waals surface area contributed by atoms with Gasteiger partial charge in [-0.25, -0.2) is 0 Å². The molecule has 0 saturated heterocycles. The van der Waals surface area contributed by atoms with Gasteiger partial charge in [0.1, 0.15) is 17.4 Å². The molecule has 1 aliphatic heterocycles. The van der Waals surface area contributed by atoms with E-state index in [9.17, 15) is 5.26 Å². The first-order chi connectivity index (χ1) is 12.6. The summed E-state index contributed by atoms with van der Waals surface area (Å²) in [5.74, 6) is 0.733. The maximum absolute atomic E-state index is 9.66. The smallest absolute Gasteiger partial charge is 0.205 e. The zero-order valence-corrected chi connectivity index (χ0v) is 15.6. The van der Waals surface area contributed by atoms with Crippen molar-refractivity contribution in [2.45, 2.75) is 33.1 Å². The minimum atomic E-state index is -0.194. The Bertz CT molecular complexity index is 858. The van der Waals surface area contributed by atoms with Crippen LogP contribution in [0.5, 0.6) is 5.75 Å². The Hall–Kier alpha value is -2.93. The van der Waals surface area contributed by atoms with Gasteiger partial charge in [-0.2, -0.15) is 5.26 Å². The van der Waals surface area contributed by atoms with Gasteiger partial charge in [0.05, 0.1) is 5.92 Å². The molecule has 2 N–H and O–H groups in total. The first-order valence-corrected chi connectivity index (χ1v) is 9.18. The van der Waals surface area contributed by atoms with E-state index >= 15 is 0 Å². The second kappa shape index (κ2) is 7.53. The summed E-state index contributed by atoms with van der Waals surface area (Å²) in [6, 6.07) is 16.8. The van der Waals surface area contributed by atoms with Gasteiger partial charge in [-0.05, 0) is 37.5 Å². The number of hydrogen-bond donors (Lipinski definition) is 1. The van der Waals surface area contributed by atoms with E-state index in [1.54, 1.807) is 0 Å². The van der Waals surface area contributed by atoms with Gasteiger partial charge in [-0.1, -0.05) is 37.3 Å². The Morgan fingerprint density at radius 1 is 1.08 bits per heavy atom. The van der Waals surface area contributed by atoms with Gasteiger partial charge < -0.3 is 15.4 Å². The quantitative estimate of drug-likeness (QED) is 0.875. The molecule has 0 amide bonds. The maximum Gasteiger partial charge on any atom is 0.205 e. The van der Waals surface area contributed by atoms with Crippen molar-refractivity contribution < 1.29 is 4.74 Å². The molecule has 0 unspecified atom stereocenters. The lowest BCUT2D eigenvalue weighted by atomic mass is 9.83. The summed E-state index contributed by atoms with van der Waals surface area (Å²) in [6.45, 7) is 8.23. The summed E-state index contributed by atoms with van der Waals surface area (Å²) >= 11 is 0. The van der Waals surface area contributed by atoms with Gasteiger partial charge >= 0.3 is 0 Å². The van der Waals surface area contributed by atoms with Crippen LogP contribution >= 0.6 is 0 Å². The zero-order chi connectivity index (χ0) is 18.7. The Balaban J connectivity index is 2.10. The summed E-state index contributed by atoms with van der Waals surface area (Å²) < 4.78 is 5.82. The zero-order valence-electron chi connectivity index (χ0n) is 15.6. The monoisotopic (exact) mass is 347 g/mol. The minimum Gasteiger partial charge on any atom is -0.440 e. The molecule has 1 heterocycles. The predicted molar refractivity (Wildman–Crippen MR) is 105 cm³/mol. The molecule has 0 saturated carbocycles. The van der Waals surface area contributed by atoms with E-state index in [-0.39, 0.29) is 11.8 Å². The molecule has 134 valence electrons. The van der Waals surface area contributed by atoms with Crippen LogP contribution in [0.4, 0.5) is 5.69 Å². The number of anilines is 1. The molecule has 4 heteroatoms. The second-order valence-corrected chi connectivity index (χ2v) is 6.41. The number of nitrogens with two attached hydrogens (primary N) is 1. The normalized spacial score (nSPS) is 15.8. The van der Waals surface area contributed by atoms with Crippen LogP contribution in [0.2, 0.25) is 0 Å². The van der Waals surface area contributed by atoms with Crippen molar-refractivity contribution in [3.63, 3.8) is 0 Å². The van der Waals surface area contributed by atoms with E-state index < -0.39 is 0 Å². The lowest BCUT2D eigenvalue weighted by molar-refractivity contribution is 0.393. The molecular weight excluding hydrogens is 322 g/mol. The van der Waals surface area contributed by atoms with E-state index in [2.05, 4.69) is 68.1 Å². The fourth-order valence-corrected chi connectivity index (χ4v) is 3.52. The average Bonchev–Trinajstić information content (AvgIpc) is 2.68. The van der Waals surface area contributed by atoms with Crippen LogP contribution < -0.4 is 15.4 Å². The number of hydrogen-bond acceptors (Lipinski definition) is 4. The van der Waals surface area contributed by atoms with Crippen LogP contribution in [-0.2, 0) is 6.42 Å². The third-order valence-electron chi connectivity index (χ3n) is 5.05. The van der Waals surface area contributed by atoms with Crippen molar-refractivity contribution >= 4 is 5.69 Å². The molecule has 0 aliphatic carbocycles. The largest absolute Gasteiger partial charge is 0.440 e. The second-order valence-electron chi connectivity index (χ2n) is 6.41. The summed E-state index contributed by atoms with van der Waals surface area (Å²) in [6.07, 6.45) is 0.987. The SMILES string of the molecule is CCc1ccc([C@@H]2C(C#N)=C(N)Oc3cc(N(CC)CC)ccc32)cc1. The Labute approximate surface area is 155 Å². The number of nitrogens with zero attached hydrogens (tertiary/aromatic N) is 2. The lowest BCUT2D eigenvalue weighted by Gasteiger charge is -2.29. The molecule has 4 nitrogen and oxygen atoms in total. The van der Waals surface area contributed by atoms with Crippen LogP contribution in [0, 0.1) is 11.3 Å². The summed E-state index contributed by atoms with van der Waals surface area (Å²) in [5.41, 5.74) is 11.0. The Morgan fingerprint density at radius 3 is 2.35 bits per heavy atom. The average molecular weight is 347 g/mol. The first-order valence-electron chi connectivity index (χ1n) is 9.18. The molecule has 0 radical (unpaired) electrons. The topological polar surface area (TPSA) is 62.3 Å². The molecule has 0 spiro atoms. The van der Waals surface area contributed by atoms with Gasteiger partial charge in [-0.15, -0.1) is 0 Å². The fraction of sp³-hybridized carbons (Fsp3) is 0.318. The third-order valence-corrected chi connectivity index (χ3v) is 5.05. The number of fused-ring (bicyclic) bond motifs is 1. The van der Waals surface area contributed by atoms with E-state index in [0.717, 1.165) is 42.1 Å². The summed E-state index contributed by atoms with van der Waals surface area (Å²) in [7, 11) is 0. The maximum atomic E-state index is 9.66. The molecule has 2 aromatic carbocycles. The number of benzene rings is 2. The highest BCUT2D eigenvalue weighted by Gasteiger charge is 2.30. The van der Waals surface area contributed by atoms with E-state index in [0.29, 0.717) is 5.57 Å². The first kappa shape index (κ1) is 17.9. The van der Waals surface area contributed by atoms with Gasteiger partial charge in [0.25, 0.3) is 0 Å². The number of ether oxygens (including phenoxy) is 1. The molecule has 0 aromatic heterocycles. The van der Waals surface area contributed by atoms with Crippen LogP contribution in [0.1, 0.15) is 43.4 Å². The summed E-state index contributed by atoms with van der Waals surface area (Å²) in [5, 5.41) is 9.66. The molecule has 2 aromatic rings. The van der Waals surface area contributed by atoms with Crippen LogP contribution in [0.25, 0.3) is 0 Å². The van der Waals surface area contributed by atoms with Crippen molar-refractivity contribution in [2.75, 3.05) is 18.0 Å². The van der Waals surface area contributed by atoms with E-state index in [4.69, 9.17) is 10.5 Å². The highest BCUT2D eigenvalue weighted by Crippen LogP contribution is 2.43. The number of rotatable bonds is 5. The van der Waals surface area contributed by atoms with Gasteiger partial charge in [0.2, 0.25) is 5.88 Å². The minimum absolute atomic E-state index is 0.194. The van der Waals surface area contributed by atoms with Gasteiger partial charge in [0, 0.05) is 30.4 Å². The number of aryl methyl sites for hydroxylation is 1. The third kappa shape index (κ3) is 3.13. The lowest BCUT2D eigenvalue weighted by Crippen LogP contribution is -2.24. The molecule has 1 aliphatic rings. The van der Waals surface area contributed by atoms with E-state index in [1.165, 1.54) is 5.56 Å². The standard InChI is InChI=1S/C22H25N3O/c1-4-15-7-9-16(10-8-15)21-18-12-11-17(25(5-2)6-3)13-20(18)26-22(24)19(21)14-23/h7-13,21H,4-6,24H2,1-3H3/t21-/m0/s1. The number of nitriles is 1. The van der Waals surface area contributed by atoms with Crippen molar-refractivity contribution in [3.8, 4) is 11.8 Å². The fourth-order valence-electron chi connectivity index (χ4n) is 3.52. The summed E-state index contributed by atoms with van der Waals surface area (Å²) in [4.78, 5) is 2.26. The van der Waals surface area contributed by atoms with Crippen LogP contribution in [0.15, 0.2) is 53.9 Å². The highest BCUT2D eigenvalue weighted by molar-refractivity contribution is 5.61. The Morgan fingerprint density at radius 2 is 1.77 bits per heavy atom. The molecule has 0 fully saturated rings. The number of allylic oxidation sites excluding steroid dienone is 1. The molecule has 0 bridgehead atoms. The van der Waals surface area contributed by atoms with Crippen molar-refractivity contribution in [1.82, 2.24) is 0 Å². The molecule has 1 atom stereocenters. The van der Waals surface area contributed by atoms with Crippen LogP contribution in [0.3, 0.4) is 0 Å². The molecular formula is C22H25N3O. The van der Waals surface area contributed by atoms with Crippen LogP contribution in [-0.4, -0.2) is 13.1 Å². The predicted octanol–water partition coefficient (Wildman–Crippen LogP) is 4.31. The van der Waals surface area contributed by atoms with Crippen molar-refractivity contribution in [1.29, 1.82) is 5.26 Å². The van der Waals surface area contributed by atoms with Gasteiger partial charge in [0.15, 0.2) is 0 Å².